The average molecular weight is 510 g/mol. The molecule has 2 unspecified atom stereocenters. The number of carboxylic acids is 1. The number of rotatable bonds is 7. The molecule has 8 nitrogen and oxygen atoms in total. The third-order valence-corrected chi connectivity index (χ3v) is 5.69. The van der Waals surface area contributed by atoms with Crippen LogP contribution in [0.15, 0.2) is 36.4 Å². The van der Waals surface area contributed by atoms with Gasteiger partial charge in [0, 0.05) is 29.3 Å². The molecular weight excluding hydrogens is 488 g/mol. The Morgan fingerprint density at radius 3 is 2.28 bits per heavy atom. The first-order chi connectivity index (χ1) is 16.7. The molecule has 0 radical (unpaired) electrons. The highest BCUT2D eigenvalue weighted by atomic mass is 19.4. The topological polar surface area (TPSA) is 118 Å². The van der Waals surface area contributed by atoms with Crippen LogP contribution in [0.5, 0.6) is 11.5 Å². The molecule has 192 valence electrons. The second-order valence-electron chi connectivity index (χ2n) is 8.24. The highest BCUT2D eigenvalue weighted by Crippen LogP contribution is 2.36. The van der Waals surface area contributed by atoms with Gasteiger partial charge in [-0.25, -0.2) is 4.39 Å². The Morgan fingerprint density at radius 2 is 1.72 bits per heavy atom. The third-order valence-electron chi connectivity index (χ3n) is 5.69. The molecule has 0 bridgehead atoms. The van der Waals surface area contributed by atoms with Gasteiger partial charge in [0.25, 0.3) is 5.91 Å². The van der Waals surface area contributed by atoms with E-state index >= 15 is 0 Å². The summed E-state index contributed by atoms with van der Waals surface area (Å²) in [5, 5.41) is 21.7. The van der Waals surface area contributed by atoms with E-state index < -0.39 is 53.3 Å². The summed E-state index contributed by atoms with van der Waals surface area (Å²) in [5.41, 5.74) is 0.490. The van der Waals surface area contributed by atoms with E-state index in [1.807, 2.05) is 0 Å². The molecule has 1 heterocycles. The molecule has 36 heavy (non-hydrogen) atoms. The number of hydrogen-bond acceptors (Lipinski definition) is 5. The van der Waals surface area contributed by atoms with Gasteiger partial charge in [-0.1, -0.05) is 6.92 Å². The quantitative estimate of drug-likeness (QED) is 0.408. The van der Waals surface area contributed by atoms with Crippen molar-refractivity contribution >= 4 is 28.7 Å². The second kappa shape index (κ2) is 9.88. The standard InChI is InChI=1S/C24H22F4N2O6/c1-11(23(34)35)10-29-21(32)12(2)20-13(3)30(18-9-17(25)19(31)8-16(18)20)22(33)14-4-6-15(7-5-14)36-24(26,27)28/h4-9,11-12,31H,10H2,1-3H3,(H,29,32)(H,34,35). The first-order valence-electron chi connectivity index (χ1n) is 10.7. The number of halogens is 4. The number of carbonyl (C=O) groups is 3. The van der Waals surface area contributed by atoms with Crippen LogP contribution in [0.1, 0.15) is 41.4 Å². The maximum absolute atomic E-state index is 14.3. The number of ether oxygens (including phenoxy) is 1. The molecule has 2 atom stereocenters. The van der Waals surface area contributed by atoms with Crippen LogP contribution in [0.2, 0.25) is 0 Å². The number of aromatic nitrogens is 1. The van der Waals surface area contributed by atoms with Crippen molar-refractivity contribution < 1.29 is 46.9 Å². The fourth-order valence-electron chi connectivity index (χ4n) is 3.81. The Balaban J connectivity index is 2.05. The van der Waals surface area contributed by atoms with Crippen molar-refractivity contribution in [2.75, 3.05) is 6.54 Å². The van der Waals surface area contributed by atoms with Crippen LogP contribution in [0.25, 0.3) is 10.9 Å². The van der Waals surface area contributed by atoms with Gasteiger partial charge in [0.1, 0.15) is 5.75 Å². The Bertz CT molecular complexity index is 1330. The lowest BCUT2D eigenvalue weighted by molar-refractivity contribution is -0.274. The van der Waals surface area contributed by atoms with Crippen molar-refractivity contribution in [1.82, 2.24) is 9.88 Å². The van der Waals surface area contributed by atoms with E-state index in [2.05, 4.69) is 10.1 Å². The van der Waals surface area contributed by atoms with Crippen LogP contribution in [-0.4, -0.2) is 45.5 Å². The minimum Gasteiger partial charge on any atom is -0.505 e. The number of amides is 1. The number of carbonyl (C=O) groups excluding carboxylic acids is 2. The van der Waals surface area contributed by atoms with Gasteiger partial charge < -0.3 is 20.3 Å². The number of benzene rings is 2. The predicted molar refractivity (Wildman–Crippen MR) is 119 cm³/mol. The summed E-state index contributed by atoms with van der Waals surface area (Å²) in [4.78, 5) is 37.1. The molecule has 12 heteroatoms. The number of nitrogens with zero attached hydrogens (tertiary/aromatic N) is 1. The Labute approximate surface area is 202 Å². The zero-order chi connectivity index (χ0) is 26.9. The number of phenolic OH excluding ortho intramolecular Hbond substituents is 1. The van der Waals surface area contributed by atoms with E-state index in [0.29, 0.717) is 0 Å². The summed E-state index contributed by atoms with van der Waals surface area (Å²) in [6.07, 6.45) is -4.91. The van der Waals surface area contributed by atoms with Crippen molar-refractivity contribution in [3.05, 3.63) is 59.0 Å². The number of nitrogens with one attached hydrogen (secondary N) is 1. The zero-order valence-electron chi connectivity index (χ0n) is 19.3. The Kier molecular flexibility index (Phi) is 7.27. The molecular formula is C24H22F4N2O6. The van der Waals surface area contributed by atoms with E-state index in [1.54, 1.807) is 0 Å². The summed E-state index contributed by atoms with van der Waals surface area (Å²) >= 11 is 0. The highest BCUT2D eigenvalue weighted by molar-refractivity contribution is 6.05. The monoisotopic (exact) mass is 510 g/mol. The molecule has 0 saturated carbocycles. The van der Waals surface area contributed by atoms with Gasteiger partial charge in [0.05, 0.1) is 17.4 Å². The van der Waals surface area contributed by atoms with Crippen molar-refractivity contribution in [2.24, 2.45) is 5.92 Å². The smallest absolute Gasteiger partial charge is 0.505 e. The Hall–Kier alpha value is -4.09. The van der Waals surface area contributed by atoms with E-state index in [0.717, 1.165) is 41.0 Å². The molecule has 1 amide bonds. The van der Waals surface area contributed by atoms with Gasteiger partial charge in [-0.15, -0.1) is 13.2 Å². The van der Waals surface area contributed by atoms with Crippen molar-refractivity contribution in [3.63, 3.8) is 0 Å². The maximum Gasteiger partial charge on any atom is 0.573 e. The number of aromatic hydroxyl groups is 1. The number of fused-ring (bicyclic) bond motifs is 1. The lowest BCUT2D eigenvalue weighted by Crippen LogP contribution is -2.34. The van der Waals surface area contributed by atoms with Crippen molar-refractivity contribution in [2.45, 2.75) is 33.1 Å². The van der Waals surface area contributed by atoms with Gasteiger partial charge in [0.2, 0.25) is 5.91 Å². The summed E-state index contributed by atoms with van der Waals surface area (Å²) in [6.45, 7) is 4.25. The predicted octanol–water partition coefficient (Wildman–Crippen LogP) is 4.32. The molecule has 0 spiro atoms. The molecule has 3 N–H and O–H groups in total. The maximum atomic E-state index is 14.3. The minimum absolute atomic E-state index is 0.0250. The summed E-state index contributed by atoms with van der Waals surface area (Å²) in [6, 6.07) is 6.10. The second-order valence-corrected chi connectivity index (χ2v) is 8.24. The fourth-order valence-corrected chi connectivity index (χ4v) is 3.81. The largest absolute Gasteiger partial charge is 0.573 e. The van der Waals surface area contributed by atoms with E-state index in [-0.39, 0.29) is 34.3 Å². The first kappa shape index (κ1) is 26.5. The Morgan fingerprint density at radius 1 is 1.11 bits per heavy atom. The average Bonchev–Trinajstić information content (AvgIpc) is 3.06. The number of alkyl halides is 3. The number of aliphatic carboxylic acids is 1. The van der Waals surface area contributed by atoms with Crippen molar-refractivity contribution in [1.29, 1.82) is 0 Å². The normalized spacial score (nSPS) is 13.3. The fraction of sp³-hybridized carbons (Fsp3) is 0.292. The van der Waals surface area contributed by atoms with Crippen LogP contribution in [0, 0.1) is 18.7 Å². The summed E-state index contributed by atoms with van der Waals surface area (Å²) in [7, 11) is 0. The van der Waals surface area contributed by atoms with Crippen LogP contribution < -0.4 is 10.1 Å². The van der Waals surface area contributed by atoms with Crippen LogP contribution in [0.4, 0.5) is 17.6 Å². The minimum atomic E-state index is -4.91. The first-order valence-corrected chi connectivity index (χ1v) is 10.7. The van der Waals surface area contributed by atoms with Crippen LogP contribution in [-0.2, 0) is 9.59 Å². The van der Waals surface area contributed by atoms with Gasteiger partial charge in [-0.05, 0) is 49.7 Å². The van der Waals surface area contributed by atoms with E-state index in [9.17, 15) is 37.1 Å². The molecule has 3 aromatic rings. The molecule has 3 rings (SSSR count). The van der Waals surface area contributed by atoms with Gasteiger partial charge >= 0.3 is 12.3 Å². The molecule has 1 aromatic heterocycles. The number of carboxylic acid groups (broad SMARTS) is 1. The van der Waals surface area contributed by atoms with Crippen LogP contribution in [0.3, 0.4) is 0 Å². The lowest BCUT2D eigenvalue weighted by atomic mass is 9.96. The molecule has 0 aliphatic heterocycles. The molecule has 0 fully saturated rings. The molecule has 2 aromatic carbocycles. The summed E-state index contributed by atoms with van der Waals surface area (Å²) < 4.78 is 56.5. The van der Waals surface area contributed by atoms with Crippen LogP contribution >= 0.6 is 0 Å². The number of phenols is 1. The van der Waals surface area contributed by atoms with E-state index in [1.165, 1.54) is 20.8 Å². The summed E-state index contributed by atoms with van der Waals surface area (Å²) in [5.74, 6) is -6.45. The van der Waals surface area contributed by atoms with Gasteiger partial charge in [0.15, 0.2) is 11.6 Å². The highest BCUT2D eigenvalue weighted by Gasteiger charge is 2.31. The molecule has 0 aliphatic rings. The zero-order valence-corrected chi connectivity index (χ0v) is 19.3. The SMILES string of the molecule is Cc1c(C(C)C(=O)NCC(C)C(=O)O)c2cc(O)c(F)cc2n1C(=O)c1ccc(OC(F)(F)F)cc1. The molecule has 0 aliphatic carbocycles. The van der Waals surface area contributed by atoms with Gasteiger partial charge in [-0.3, -0.25) is 19.0 Å². The lowest BCUT2D eigenvalue weighted by Gasteiger charge is -2.15. The molecule has 0 saturated heterocycles. The van der Waals surface area contributed by atoms with Gasteiger partial charge in [-0.2, -0.15) is 0 Å². The number of hydrogen-bond donors (Lipinski definition) is 3. The third kappa shape index (κ3) is 5.42. The van der Waals surface area contributed by atoms with Crippen molar-refractivity contribution in [3.8, 4) is 11.5 Å². The van der Waals surface area contributed by atoms with E-state index in [4.69, 9.17) is 5.11 Å².